The number of benzene rings is 1. The molecule has 0 N–H and O–H groups in total. The van der Waals surface area contributed by atoms with E-state index in [1.165, 1.54) is 0 Å². The molecule has 154 valence electrons. The first-order valence-corrected chi connectivity index (χ1v) is 10.7. The molecule has 1 aliphatic heterocycles. The van der Waals surface area contributed by atoms with Crippen LogP contribution in [0.4, 0.5) is 13.2 Å². The highest BCUT2D eigenvalue weighted by molar-refractivity contribution is 7.89. The average molecular weight is 437 g/mol. The van der Waals surface area contributed by atoms with Crippen LogP contribution in [0, 0.1) is 5.92 Å². The maximum atomic E-state index is 13.0. The summed E-state index contributed by atoms with van der Waals surface area (Å²) in [6.07, 6.45) is 1.63. The van der Waals surface area contributed by atoms with E-state index in [0.717, 1.165) is 29.3 Å². The van der Waals surface area contributed by atoms with Gasteiger partial charge in [0.05, 0.1) is 15.5 Å². The summed E-state index contributed by atoms with van der Waals surface area (Å²) in [7, 11) is -4.11. The third-order valence-corrected chi connectivity index (χ3v) is 7.25. The monoisotopic (exact) mass is 436 g/mol. The number of nitrogens with zero attached hydrogens (tertiary/aromatic N) is 2. The Morgan fingerprint density at radius 1 is 1.18 bits per heavy atom. The molecule has 1 heterocycles. The van der Waals surface area contributed by atoms with Gasteiger partial charge in [0.15, 0.2) is 0 Å². The number of alkyl halides is 3. The standard InChI is InChI=1S/C18H20ClF3N2O3S/c19-16-6-5-14(12-15(16)18(20,21)22)28(26,27)24-9-7-23(8-10-24)17(25)11-13-3-1-2-4-13/h1,3,5-6,12-13H,2,4,7-11H2. The van der Waals surface area contributed by atoms with Crippen molar-refractivity contribution in [2.75, 3.05) is 26.2 Å². The Kier molecular flexibility index (Phi) is 6.07. The second-order valence-electron chi connectivity index (χ2n) is 6.89. The van der Waals surface area contributed by atoms with E-state index in [1.807, 2.05) is 12.2 Å². The van der Waals surface area contributed by atoms with Gasteiger partial charge in [0.2, 0.25) is 15.9 Å². The summed E-state index contributed by atoms with van der Waals surface area (Å²) in [5.41, 5.74) is -1.19. The third-order valence-electron chi connectivity index (χ3n) is 5.02. The first-order valence-electron chi connectivity index (χ1n) is 8.90. The van der Waals surface area contributed by atoms with Gasteiger partial charge in [-0.05, 0) is 37.0 Å². The molecule has 1 unspecified atom stereocenters. The van der Waals surface area contributed by atoms with Crippen molar-refractivity contribution >= 4 is 27.5 Å². The fourth-order valence-corrected chi connectivity index (χ4v) is 5.10. The molecule has 1 atom stereocenters. The van der Waals surface area contributed by atoms with E-state index in [9.17, 15) is 26.4 Å². The van der Waals surface area contributed by atoms with Gasteiger partial charge in [0.1, 0.15) is 0 Å². The van der Waals surface area contributed by atoms with Gasteiger partial charge in [-0.15, -0.1) is 0 Å². The minimum absolute atomic E-state index is 0.0283. The molecule has 10 heteroatoms. The molecule has 0 spiro atoms. The molecule has 1 saturated heterocycles. The predicted molar refractivity (Wildman–Crippen MR) is 98.3 cm³/mol. The van der Waals surface area contributed by atoms with E-state index in [4.69, 9.17) is 11.6 Å². The SMILES string of the molecule is O=C(CC1C=CCC1)N1CCN(S(=O)(=O)c2ccc(Cl)c(C(F)(F)F)c2)CC1. The highest BCUT2D eigenvalue weighted by atomic mass is 35.5. The fraction of sp³-hybridized carbons (Fsp3) is 0.500. The number of hydrogen-bond donors (Lipinski definition) is 0. The second-order valence-corrected chi connectivity index (χ2v) is 9.24. The molecule has 0 saturated carbocycles. The van der Waals surface area contributed by atoms with Crippen LogP contribution in [0.15, 0.2) is 35.2 Å². The molecule has 0 aromatic heterocycles. The molecule has 1 aromatic carbocycles. The van der Waals surface area contributed by atoms with Crippen molar-refractivity contribution in [1.82, 2.24) is 9.21 Å². The highest BCUT2D eigenvalue weighted by Crippen LogP contribution is 2.36. The van der Waals surface area contributed by atoms with Crippen molar-refractivity contribution in [3.8, 4) is 0 Å². The Balaban J connectivity index is 1.68. The van der Waals surface area contributed by atoms with Crippen LogP contribution in [0.1, 0.15) is 24.8 Å². The van der Waals surface area contributed by atoms with Crippen molar-refractivity contribution in [2.24, 2.45) is 5.92 Å². The summed E-state index contributed by atoms with van der Waals surface area (Å²) in [4.78, 5) is 13.5. The van der Waals surface area contributed by atoms with Gasteiger partial charge in [-0.25, -0.2) is 8.42 Å². The molecule has 0 bridgehead atoms. The Morgan fingerprint density at radius 2 is 1.86 bits per heavy atom. The summed E-state index contributed by atoms with van der Waals surface area (Å²) in [5, 5.41) is -0.553. The first kappa shape index (κ1) is 21.1. The Bertz CT molecular complexity index is 879. The molecule has 1 fully saturated rings. The van der Waals surface area contributed by atoms with E-state index in [2.05, 4.69) is 0 Å². The lowest BCUT2D eigenvalue weighted by atomic mass is 10.0. The van der Waals surface area contributed by atoms with E-state index in [0.29, 0.717) is 12.5 Å². The van der Waals surface area contributed by atoms with E-state index in [1.54, 1.807) is 4.90 Å². The molecular formula is C18H20ClF3N2O3S. The number of sulfonamides is 1. The lowest BCUT2D eigenvalue weighted by molar-refractivity contribution is -0.137. The average Bonchev–Trinajstić information content (AvgIpc) is 3.14. The summed E-state index contributed by atoms with van der Waals surface area (Å²) in [6, 6.07) is 2.56. The maximum Gasteiger partial charge on any atom is 0.417 e. The quantitative estimate of drug-likeness (QED) is 0.678. The van der Waals surface area contributed by atoms with Crippen LogP contribution in [0.25, 0.3) is 0 Å². The zero-order chi connectivity index (χ0) is 20.5. The van der Waals surface area contributed by atoms with Gasteiger partial charge in [-0.3, -0.25) is 4.79 Å². The Hall–Kier alpha value is -1.58. The molecule has 1 aromatic rings. The highest BCUT2D eigenvalue weighted by Gasteiger charge is 2.36. The van der Waals surface area contributed by atoms with Crippen LogP contribution >= 0.6 is 11.6 Å². The molecule has 28 heavy (non-hydrogen) atoms. The molecule has 0 radical (unpaired) electrons. The van der Waals surface area contributed by atoms with Crippen LogP contribution < -0.4 is 0 Å². The molecular weight excluding hydrogens is 417 g/mol. The van der Waals surface area contributed by atoms with Gasteiger partial charge in [-0.1, -0.05) is 23.8 Å². The summed E-state index contributed by atoms with van der Waals surface area (Å²) < 4.78 is 65.7. The maximum absolute atomic E-state index is 13.0. The van der Waals surface area contributed by atoms with Crippen molar-refractivity contribution < 1.29 is 26.4 Å². The van der Waals surface area contributed by atoms with Gasteiger partial charge < -0.3 is 4.90 Å². The largest absolute Gasteiger partial charge is 0.417 e. The van der Waals surface area contributed by atoms with E-state index < -0.39 is 31.7 Å². The number of amides is 1. The van der Waals surface area contributed by atoms with E-state index in [-0.39, 0.29) is 38.0 Å². The van der Waals surface area contributed by atoms with Crippen molar-refractivity contribution in [3.63, 3.8) is 0 Å². The normalized spacial score (nSPS) is 21.3. The fourth-order valence-electron chi connectivity index (χ4n) is 3.43. The zero-order valence-corrected chi connectivity index (χ0v) is 16.5. The number of carbonyl (C=O) groups excluding carboxylic acids is 1. The summed E-state index contributed by atoms with van der Waals surface area (Å²) in [6.45, 7) is 0.513. The van der Waals surface area contributed by atoms with Crippen LogP contribution in [0.3, 0.4) is 0 Å². The smallest absolute Gasteiger partial charge is 0.340 e. The second kappa shape index (κ2) is 8.04. The number of carbonyl (C=O) groups is 1. The van der Waals surface area contributed by atoms with Crippen LogP contribution in [-0.4, -0.2) is 49.7 Å². The van der Waals surface area contributed by atoms with Gasteiger partial charge in [0, 0.05) is 32.6 Å². The lowest BCUT2D eigenvalue weighted by Crippen LogP contribution is -2.50. The first-order chi connectivity index (χ1) is 13.1. The van der Waals surface area contributed by atoms with Crippen molar-refractivity contribution in [3.05, 3.63) is 40.9 Å². The number of halogens is 4. The minimum Gasteiger partial charge on any atom is -0.340 e. The summed E-state index contributed by atoms with van der Waals surface area (Å²) in [5.74, 6) is 0.198. The Labute approximate surface area is 166 Å². The van der Waals surface area contributed by atoms with E-state index >= 15 is 0 Å². The van der Waals surface area contributed by atoms with Gasteiger partial charge in [-0.2, -0.15) is 17.5 Å². The van der Waals surface area contributed by atoms with Gasteiger partial charge >= 0.3 is 6.18 Å². The Morgan fingerprint density at radius 3 is 2.43 bits per heavy atom. The van der Waals surface area contributed by atoms with Crippen molar-refractivity contribution in [1.29, 1.82) is 0 Å². The van der Waals surface area contributed by atoms with Crippen LogP contribution in [-0.2, 0) is 21.0 Å². The molecule has 2 aliphatic rings. The van der Waals surface area contributed by atoms with Crippen LogP contribution in [0.5, 0.6) is 0 Å². The number of rotatable bonds is 4. The number of piperazine rings is 1. The third kappa shape index (κ3) is 4.52. The molecule has 3 rings (SSSR count). The number of allylic oxidation sites excluding steroid dienone is 2. The van der Waals surface area contributed by atoms with Crippen LogP contribution in [0.2, 0.25) is 5.02 Å². The topological polar surface area (TPSA) is 57.7 Å². The minimum atomic E-state index is -4.75. The van der Waals surface area contributed by atoms with Gasteiger partial charge in [0.25, 0.3) is 0 Å². The zero-order valence-electron chi connectivity index (χ0n) is 15.0. The molecule has 1 amide bonds. The molecule has 1 aliphatic carbocycles. The lowest BCUT2D eigenvalue weighted by Gasteiger charge is -2.34. The molecule has 5 nitrogen and oxygen atoms in total. The predicted octanol–water partition coefficient (Wildman–Crippen LogP) is 3.55. The summed E-state index contributed by atoms with van der Waals surface area (Å²) >= 11 is 5.56. The number of hydrogen-bond acceptors (Lipinski definition) is 3. The van der Waals surface area contributed by atoms with Crippen molar-refractivity contribution in [2.45, 2.75) is 30.3 Å².